The fraction of sp³-hybridized carbons (Fsp3) is 0.500. The van der Waals surface area contributed by atoms with Crippen molar-refractivity contribution in [2.45, 2.75) is 19.9 Å². The topological polar surface area (TPSA) is 65.2 Å². The number of carbonyl (C=O) groups is 1. The minimum Gasteiger partial charge on any atom is -0.385 e. The molecule has 2 N–H and O–H groups in total. The van der Waals surface area contributed by atoms with Crippen LogP contribution in [0, 0.1) is 5.92 Å². The molecule has 1 unspecified atom stereocenters. The molecule has 1 heterocycles. The first-order chi connectivity index (χ1) is 7.69. The highest BCUT2D eigenvalue weighted by Gasteiger charge is 2.15. The van der Waals surface area contributed by atoms with E-state index in [-0.39, 0.29) is 11.7 Å². The molecule has 1 aromatic heterocycles. The minimum absolute atomic E-state index is 0.0343. The minimum atomic E-state index is -0.0343. The van der Waals surface area contributed by atoms with E-state index in [1.807, 2.05) is 6.92 Å². The molecule has 1 aromatic rings. The molecule has 0 aromatic carbocycles. The van der Waals surface area contributed by atoms with Gasteiger partial charge in [0.1, 0.15) is 0 Å². The van der Waals surface area contributed by atoms with Gasteiger partial charge in [-0.1, -0.05) is 6.92 Å². The Hall–Kier alpha value is -1.26. The Balaban J connectivity index is 2.71. The van der Waals surface area contributed by atoms with Gasteiger partial charge >= 0.3 is 0 Å². The Morgan fingerprint density at radius 2 is 2.38 bits per heavy atom. The molecule has 1 atom stereocenters. The Bertz CT molecular complexity index is 353. The van der Waals surface area contributed by atoms with Crippen LogP contribution in [-0.2, 0) is 11.3 Å². The molecule has 0 saturated carbocycles. The van der Waals surface area contributed by atoms with Crippen molar-refractivity contribution in [1.82, 2.24) is 4.98 Å². The summed E-state index contributed by atoms with van der Waals surface area (Å²) in [6, 6.07) is 3.48. The van der Waals surface area contributed by atoms with Gasteiger partial charge in [0.2, 0.25) is 0 Å². The Morgan fingerprint density at radius 3 is 3.00 bits per heavy atom. The third-order valence-corrected chi connectivity index (χ3v) is 2.51. The summed E-state index contributed by atoms with van der Waals surface area (Å²) in [6.45, 7) is 2.86. The number of Topliss-reactive ketones (excluding diaryl/α,β-unsaturated/α-hetero) is 1. The number of aromatic nitrogens is 1. The molecule has 0 radical (unpaired) electrons. The first-order valence-corrected chi connectivity index (χ1v) is 5.37. The maximum absolute atomic E-state index is 12.0. The molecule has 88 valence electrons. The largest absolute Gasteiger partial charge is 0.385 e. The zero-order valence-corrected chi connectivity index (χ0v) is 9.77. The highest BCUT2D eigenvalue weighted by Crippen LogP contribution is 2.12. The standard InChI is InChI=1S/C12H18N2O2/c1-9(4-6-16-2)12(15)10-3-5-14-11(7-10)8-13/h3,5,7,9H,4,6,8,13H2,1-2H3. The summed E-state index contributed by atoms with van der Waals surface area (Å²) in [5.74, 6) is 0.0853. The number of rotatable bonds is 6. The molecule has 4 heteroatoms. The van der Waals surface area contributed by atoms with E-state index in [0.29, 0.717) is 18.7 Å². The van der Waals surface area contributed by atoms with Crippen LogP contribution >= 0.6 is 0 Å². The van der Waals surface area contributed by atoms with Crippen molar-refractivity contribution < 1.29 is 9.53 Å². The average Bonchev–Trinajstić information content (AvgIpc) is 2.35. The molecule has 0 saturated heterocycles. The van der Waals surface area contributed by atoms with Crippen LogP contribution in [0.15, 0.2) is 18.3 Å². The lowest BCUT2D eigenvalue weighted by Crippen LogP contribution is -2.14. The first-order valence-electron chi connectivity index (χ1n) is 5.37. The number of carbonyl (C=O) groups excluding carboxylic acids is 1. The number of nitrogens with two attached hydrogens (primary N) is 1. The van der Waals surface area contributed by atoms with Crippen LogP contribution in [0.4, 0.5) is 0 Å². The second-order valence-corrected chi connectivity index (χ2v) is 3.79. The van der Waals surface area contributed by atoms with E-state index in [9.17, 15) is 4.79 Å². The summed E-state index contributed by atoms with van der Waals surface area (Å²) in [7, 11) is 1.64. The maximum atomic E-state index is 12.0. The summed E-state index contributed by atoms with van der Waals surface area (Å²) in [4.78, 5) is 16.1. The average molecular weight is 222 g/mol. The Kier molecular flexibility index (Phi) is 5.08. The Labute approximate surface area is 95.8 Å². The normalized spacial score (nSPS) is 12.4. The fourth-order valence-corrected chi connectivity index (χ4v) is 1.45. The fourth-order valence-electron chi connectivity index (χ4n) is 1.45. The summed E-state index contributed by atoms with van der Waals surface area (Å²) < 4.78 is 4.96. The lowest BCUT2D eigenvalue weighted by Gasteiger charge is -2.10. The van der Waals surface area contributed by atoms with Crippen LogP contribution in [0.5, 0.6) is 0 Å². The molecule has 16 heavy (non-hydrogen) atoms. The van der Waals surface area contributed by atoms with Gasteiger partial charge in [0.05, 0.1) is 5.69 Å². The van der Waals surface area contributed by atoms with Gasteiger partial charge in [0.15, 0.2) is 5.78 Å². The van der Waals surface area contributed by atoms with E-state index in [4.69, 9.17) is 10.5 Å². The van der Waals surface area contributed by atoms with E-state index in [0.717, 1.165) is 12.1 Å². The number of hydrogen-bond donors (Lipinski definition) is 1. The number of nitrogens with zero attached hydrogens (tertiary/aromatic N) is 1. The van der Waals surface area contributed by atoms with Crippen molar-refractivity contribution in [1.29, 1.82) is 0 Å². The molecule has 4 nitrogen and oxygen atoms in total. The van der Waals surface area contributed by atoms with E-state index < -0.39 is 0 Å². The van der Waals surface area contributed by atoms with Crippen molar-refractivity contribution in [3.63, 3.8) is 0 Å². The summed E-state index contributed by atoms with van der Waals surface area (Å²) in [6.07, 6.45) is 2.36. The zero-order chi connectivity index (χ0) is 12.0. The monoisotopic (exact) mass is 222 g/mol. The maximum Gasteiger partial charge on any atom is 0.165 e. The third-order valence-electron chi connectivity index (χ3n) is 2.51. The second kappa shape index (κ2) is 6.35. The van der Waals surface area contributed by atoms with Crippen LogP contribution in [0.2, 0.25) is 0 Å². The first kappa shape index (κ1) is 12.8. The van der Waals surface area contributed by atoms with E-state index in [1.165, 1.54) is 0 Å². The smallest absolute Gasteiger partial charge is 0.165 e. The SMILES string of the molecule is COCCC(C)C(=O)c1ccnc(CN)c1. The number of ketones is 1. The molecule has 0 fully saturated rings. The van der Waals surface area contributed by atoms with Crippen LogP contribution in [0.1, 0.15) is 29.4 Å². The van der Waals surface area contributed by atoms with Gasteiger partial charge in [-0.3, -0.25) is 9.78 Å². The van der Waals surface area contributed by atoms with Crippen molar-refractivity contribution >= 4 is 5.78 Å². The summed E-state index contributed by atoms with van der Waals surface area (Å²) in [5.41, 5.74) is 6.90. The molecule has 0 spiro atoms. The van der Waals surface area contributed by atoms with Gasteiger partial charge in [-0.15, -0.1) is 0 Å². The van der Waals surface area contributed by atoms with Gasteiger partial charge < -0.3 is 10.5 Å². The van der Waals surface area contributed by atoms with Crippen LogP contribution in [0.3, 0.4) is 0 Å². The van der Waals surface area contributed by atoms with Gasteiger partial charge in [-0.25, -0.2) is 0 Å². The predicted octanol–water partition coefficient (Wildman–Crippen LogP) is 1.40. The number of pyridine rings is 1. The molecule has 0 aliphatic heterocycles. The number of hydrogen-bond acceptors (Lipinski definition) is 4. The van der Waals surface area contributed by atoms with Gasteiger partial charge in [0.25, 0.3) is 0 Å². The van der Waals surface area contributed by atoms with Crippen LogP contribution < -0.4 is 5.73 Å². The van der Waals surface area contributed by atoms with Crippen LogP contribution in [-0.4, -0.2) is 24.5 Å². The summed E-state index contributed by atoms with van der Waals surface area (Å²) >= 11 is 0. The molecule has 0 aliphatic carbocycles. The number of methoxy groups -OCH3 is 1. The molecular formula is C12H18N2O2. The molecule has 0 aliphatic rings. The molecule has 0 bridgehead atoms. The van der Waals surface area contributed by atoms with Gasteiger partial charge in [-0.05, 0) is 18.6 Å². The van der Waals surface area contributed by atoms with E-state index in [2.05, 4.69) is 4.98 Å². The highest BCUT2D eigenvalue weighted by atomic mass is 16.5. The third kappa shape index (κ3) is 3.40. The van der Waals surface area contributed by atoms with Crippen molar-refractivity contribution in [3.05, 3.63) is 29.6 Å². The second-order valence-electron chi connectivity index (χ2n) is 3.79. The molecule has 1 rings (SSSR count). The lowest BCUT2D eigenvalue weighted by atomic mass is 9.97. The molecular weight excluding hydrogens is 204 g/mol. The van der Waals surface area contributed by atoms with Gasteiger partial charge in [-0.2, -0.15) is 0 Å². The van der Waals surface area contributed by atoms with Crippen molar-refractivity contribution in [3.8, 4) is 0 Å². The molecule has 0 amide bonds. The predicted molar refractivity (Wildman–Crippen MR) is 62.1 cm³/mol. The summed E-state index contributed by atoms with van der Waals surface area (Å²) in [5, 5.41) is 0. The highest BCUT2D eigenvalue weighted by molar-refractivity contribution is 5.97. The zero-order valence-electron chi connectivity index (χ0n) is 9.77. The quantitative estimate of drug-likeness (QED) is 0.739. The van der Waals surface area contributed by atoms with Gasteiger partial charge in [0, 0.05) is 37.9 Å². The van der Waals surface area contributed by atoms with Crippen molar-refractivity contribution in [2.75, 3.05) is 13.7 Å². The van der Waals surface area contributed by atoms with Crippen LogP contribution in [0.25, 0.3) is 0 Å². The van der Waals surface area contributed by atoms with Crippen molar-refractivity contribution in [2.24, 2.45) is 11.7 Å². The number of ether oxygens (including phenoxy) is 1. The van der Waals surface area contributed by atoms with E-state index >= 15 is 0 Å². The van der Waals surface area contributed by atoms with E-state index in [1.54, 1.807) is 25.4 Å². The Morgan fingerprint density at radius 1 is 1.62 bits per heavy atom. The lowest BCUT2D eigenvalue weighted by molar-refractivity contribution is 0.0893.